The zero-order valence-electron chi connectivity index (χ0n) is 8.89. The Kier molecular flexibility index (Phi) is 4.60. The molecular weight excluding hydrogens is 177 g/mol. The maximum absolute atomic E-state index is 12.8. The Labute approximate surface area is 85.3 Å². The minimum absolute atomic E-state index is 0.159. The predicted octanol–water partition coefficient (Wildman–Crippen LogP) is 2.96. The molecule has 0 spiro atoms. The number of hydrogen-bond donors (Lipinski definition) is 1. The summed E-state index contributed by atoms with van der Waals surface area (Å²) in [6, 6.07) is 6.73. The summed E-state index contributed by atoms with van der Waals surface area (Å²) in [5.41, 5.74) is 1.01. The fourth-order valence-electron chi connectivity index (χ4n) is 1.25. The van der Waals surface area contributed by atoms with Crippen LogP contribution >= 0.6 is 0 Å². The van der Waals surface area contributed by atoms with Crippen LogP contribution in [0, 0.1) is 11.7 Å². The fraction of sp³-hybridized carbons (Fsp3) is 0.500. The highest BCUT2D eigenvalue weighted by atomic mass is 19.1. The van der Waals surface area contributed by atoms with E-state index < -0.39 is 0 Å². The minimum Gasteiger partial charge on any atom is -0.312 e. The van der Waals surface area contributed by atoms with Crippen LogP contribution in [-0.4, -0.2) is 6.54 Å². The smallest absolute Gasteiger partial charge is 0.123 e. The normalized spacial score (nSPS) is 12.8. The second kappa shape index (κ2) is 5.76. The molecule has 0 aliphatic rings. The average Bonchev–Trinajstić information content (AvgIpc) is 2.17. The first-order valence-electron chi connectivity index (χ1n) is 5.17. The molecule has 1 aromatic rings. The Hall–Kier alpha value is -0.890. The third-order valence-corrected chi connectivity index (χ3v) is 2.41. The number of hydrogen-bond acceptors (Lipinski definition) is 1. The summed E-state index contributed by atoms with van der Waals surface area (Å²) in [7, 11) is 0. The van der Waals surface area contributed by atoms with Gasteiger partial charge >= 0.3 is 0 Å². The monoisotopic (exact) mass is 195 g/mol. The lowest BCUT2D eigenvalue weighted by Gasteiger charge is -2.09. The Morgan fingerprint density at radius 3 is 2.86 bits per heavy atom. The first kappa shape index (κ1) is 11.2. The molecule has 1 N–H and O–H groups in total. The molecule has 1 aromatic carbocycles. The predicted molar refractivity (Wildman–Crippen MR) is 57.6 cm³/mol. The van der Waals surface area contributed by atoms with E-state index in [1.54, 1.807) is 12.1 Å². The van der Waals surface area contributed by atoms with Gasteiger partial charge in [-0.15, -0.1) is 0 Å². The van der Waals surface area contributed by atoms with E-state index in [-0.39, 0.29) is 5.82 Å². The Morgan fingerprint density at radius 1 is 1.43 bits per heavy atom. The lowest BCUT2D eigenvalue weighted by atomic mass is 10.1. The number of nitrogens with one attached hydrogen (secondary N) is 1. The van der Waals surface area contributed by atoms with Gasteiger partial charge in [-0.2, -0.15) is 0 Å². The highest BCUT2D eigenvalue weighted by molar-refractivity contribution is 5.15. The van der Waals surface area contributed by atoms with Crippen LogP contribution in [0.15, 0.2) is 24.3 Å². The molecule has 0 aromatic heterocycles. The average molecular weight is 195 g/mol. The van der Waals surface area contributed by atoms with Crippen LogP contribution in [0.5, 0.6) is 0 Å². The second-order valence-corrected chi connectivity index (χ2v) is 3.77. The van der Waals surface area contributed by atoms with Gasteiger partial charge in [-0.25, -0.2) is 4.39 Å². The molecule has 14 heavy (non-hydrogen) atoms. The van der Waals surface area contributed by atoms with Crippen LogP contribution < -0.4 is 5.32 Å². The molecule has 1 atom stereocenters. The number of rotatable bonds is 5. The van der Waals surface area contributed by atoms with Gasteiger partial charge in [-0.1, -0.05) is 32.4 Å². The van der Waals surface area contributed by atoms with Crippen molar-refractivity contribution in [3.05, 3.63) is 35.6 Å². The van der Waals surface area contributed by atoms with Gasteiger partial charge in [-0.05, 0) is 30.2 Å². The second-order valence-electron chi connectivity index (χ2n) is 3.77. The maximum atomic E-state index is 12.8. The van der Waals surface area contributed by atoms with Gasteiger partial charge in [0.15, 0.2) is 0 Å². The van der Waals surface area contributed by atoms with Crippen LogP contribution in [0.2, 0.25) is 0 Å². The van der Waals surface area contributed by atoms with Gasteiger partial charge < -0.3 is 5.32 Å². The zero-order valence-corrected chi connectivity index (χ0v) is 8.89. The first-order valence-corrected chi connectivity index (χ1v) is 5.17. The molecule has 78 valence electrons. The van der Waals surface area contributed by atoms with Gasteiger partial charge in [0.1, 0.15) is 5.82 Å². The van der Waals surface area contributed by atoms with Crippen LogP contribution in [0.4, 0.5) is 4.39 Å². The molecule has 0 radical (unpaired) electrons. The molecule has 2 heteroatoms. The molecular formula is C12H18FN. The standard InChI is InChI=1S/C12H18FN/c1-3-10(2)8-14-9-11-5-4-6-12(13)7-11/h4-7,10,14H,3,8-9H2,1-2H3/t10-/m1/s1. The number of halogens is 1. The summed E-state index contributed by atoms with van der Waals surface area (Å²) in [6.07, 6.45) is 1.18. The molecule has 0 saturated carbocycles. The van der Waals surface area contributed by atoms with E-state index in [1.165, 1.54) is 12.5 Å². The molecule has 0 bridgehead atoms. The summed E-state index contributed by atoms with van der Waals surface area (Å²) >= 11 is 0. The largest absolute Gasteiger partial charge is 0.312 e. The summed E-state index contributed by atoms with van der Waals surface area (Å²) in [6.45, 7) is 6.13. The van der Waals surface area contributed by atoms with Crippen molar-refractivity contribution in [1.29, 1.82) is 0 Å². The van der Waals surface area contributed by atoms with Gasteiger partial charge in [0.2, 0.25) is 0 Å². The van der Waals surface area contributed by atoms with Crippen molar-refractivity contribution in [3.63, 3.8) is 0 Å². The zero-order chi connectivity index (χ0) is 10.4. The van der Waals surface area contributed by atoms with E-state index in [9.17, 15) is 4.39 Å². The SMILES string of the molecule is CC[C@@H](C)CNCc1cccc(F)c1. The first-order chi connectivity index (χ1) is 6.72. The summed E-state index contributed by atoms with van der Waals surface area (Å²) in [5.74, 6) is 0.524. The van der Waals surface area contributed by atoms with Crippen molar-refractivity contribution in [1.82, 2.24) is 5.32 Å². The van der Waals surface area contributed by atoms with E-state index in [0.29, 0.717) is 5.92 Å². The van der Waals surface area contributed by atoms with Crippen molar-refractivity contribution in [2.75, 3.05) is 6.54 Å². The number of benzene rings is 1. The highest BCUT2D eigenvalue weighted by Crippen LogP contribution is 2.03. The van der Waals surface area contributed by atoms with Crippen molar-refractivity contribution < 1.29 is 4.39 Å². The van der Waals surface area contributed by atoms with Gasteiger partial charge in [0, 0.05) is 6.54 Å². The molecule has 1 rings (SSSR count). The molecule has 0 unspecified atom stereocenters. The molecule has 0 saturated heterocycles. The third kappa shape index (κ3) is 3.88. The minimum atomic E-state index is -0.159. The summed E-state index contributed by atoms with van der Waals surface area (Å²) in [5, 5.41) is 3.31. The van der Waals surface area contributed by atoms with Crippen LogP contribution in [-0.2, 0) is 6.54 Å². The molecule has 0 fully saturated rings. The van der Waals surface area contributed by atoms with E-state index in [0.717, 1.165) is 18.7 Å². The highest BCUT2D eigenvalue weighted by Gasteiger charge is 1.98. The van der Waals surface area contributed by atoms with Crippen LogP contribution in [0.3, 0.4) is 0 Å². The van der Waals surface area contributed by atoms with E-state index in [4.69, 9.17) is 0 Å². The Morgan fingerprint density at radius 2 is 2.21 bits per heavy atom. The van der Waals surface area contributed by atoms with Crippen molar-refractivity contribution in [3.8, 4) is 0 Å². The van der Waals surface area contributed by atoms with Crippen LogP contribution in [0.1, 0.15) is 25.8 Å². The lowest BCUT2D eigenvalue weighted by Crippen LogP contribution is -2.20. The maximum Gasteiger partial charge on any atom is 0.123 e. The van der Waals surface area contributed by atoms with Gasteiger partial charge in [0.05, 0.1) is 0 Å². The van der Waals surface area contributed by atoms with E-state index >= 15 is 0 Å². The lowest BCUT2D eigenvalue weighted by molar-refractivity contribution is 0.499. The molecule has 1 nitrogen and oxygen atoms in total. The topological polar surface area (TPSA) is 12.0 Å². The summed E-state index contributed by atoms with van der Waals surface area (Å²) in [4.78, 5) is 0. The van der Waals surface area contributed by atoms with E-state index in [2.05, 4.69) is 19.2 Å². The third-order valence-electron chi connectivity index (χ3n) is 2.41. The van der Waals surface area contributed by atoms with Gasteiger partial charge in [-0.3, -0.25) is 0 Å². The Bertz CT molecular complexity index is 273. The molecule has 0 amide bonds. The van der Waals surface area contributed by atoms with Gasteiger partial charge in [0.25, 0.3) is 0 Å². The van der Waals surface area contributed by atoms with E-state index in [1.807, 2.05) is 6.07 Å². The molecule has 0 aliphatic carbocycles. The summed E-state index contributed by atoms with van der Waals surface area (Å²) < 4.78 is 12.8. The molecule has 0 heterocycles. The quantitative estimate of drug-likeness (QED) is 0.761. The van der Waals surface area contributed by atoms with Crippen LogP contribution in [0.25, 0.3) is 0 Å². The molecule has 0 aliphatic heterocycles. The Balaban J connectivity index is 2.31. The van der Waals surface area contributed by atoms with Crippen molar-refractivity contribution in [2.45, 2.75) is 26.8 Å². The fourth-order valence-corrected chi connectivity index (χ4v) is 1.25. The van der Waals surface area contributed by atoms with Crippen molar-refractivity contribution in [2.24, 2.45) is 5.92 Å². The van der Waals surface area contributed by atoms with Crippen molar-refractivity contribution >= 4 is 0 Å².